The molecule has 0 fully saturated rings. The third-order valence-corrected chi connectivity index (χ3v) is 11.3. The Morgan fingerprint density at radius 1 is 0.186 bits per heavy atom. The molecule has 0 aromatic heterocycles. The van der Waals surface area contributed by atoms with Crippen molar-refractivity contribution < 1.29 is 0 Å². The fourth-order valence-electron chi connectivity index (χ4n) is 6.78. The van der Waals surface area contributed by atoms with Gasteiger partial charge in [0.05, 0.1) is 0 Å². The monoisotopic (exact) mass is 619 g/mol. The molecule has 0 aromatic rings. The van der Waals surface area contributed by atoms with E-state index in [1.165, 1.54) is 266 Å². The minimum atomic E-state index is 1.25. The Kier molecular flexibility index (Phi) is 42.4. The number of rotatable bonds is 40. The average molecular weight is 619 g/mol. The van der Waals surface area contributed by atoms with Crippen molar-refractivity contribution in [2.24, 2.45) is 0 Å². The molecular formula is C42H86Si. The second-order valence-corrected chi connectivity index (χ2v) is 16.0. The van der Waals surface area contributed by atoms with Crippen molar-refractivity contribution in [3.63, 3.8) is 0 Å². The molecule has 0 nitrogen and oxygen atoms in total. The standard InChI is InChI=1S/C42H86Si/c1-3-5-7-9-11-13-15-17-19-21-23-25-27-29-31-33-35-37-39-41-43-42-40-38-36-34-32-30-28-26-24-22-20-18-16-14-12-10-8-6-4-2/h3-42H2,1-2H3. The molecule has 43 heavy (non-hydrogen) atoms. The van der Waals surface area contributed by atoms with E-state index in [1.54, 1.807) is 0 Å². The molecule has 0 aliphatic heterocycles. The third-order valence-electron chi connectivity index (χ3n) is 9.91. The minimum absolute atomic E-state index is 1.25. The highest BCUT2D eigenvalue weighted by Crippen LogP contribution is 2.17. The van der Waals surface area contributed by atoms with E-state index >= 15 is 0 Å². The van der Waals surface area contributed by atoms with Crippen molar-refractivity contribution in [1.82, 2.24) is 0 Å². The topological polar surface area (TPSA) is 0 Å². The zero-order chi connectivity index (χ0) is 31.0. The van der Waals surface area contributed by atoms with Gasteiger partial charge in [0.15, 0.2) is 0 Å². The lowest BCUT2D eigenvalue weighted by molar-refractivity contribution is 0.524. The van der Waals surface area contributed by atoms with Gasteiger partial charge in [0.1, 0.15) is 0 Å². The van der Waals surface area contributed by atoms with Crippen LogP contribution < -0.4 is 0 Å². The van der Waals surface area contributed by atoms with Crippen LogP contribution in [0.25, 0.3) is 0 Å². The maximum absolute atomic E-state index is 2.31. The van der Waals surface area contributed by atoms with Crippen molar-refractivity contribution >= 4 is 9.52 Å². The van der Waals surface area contributed by atoms with E-state index < -0.39 is 0 Å². The quantitative estimate of drug-likeness (QED) is 0.0473. The van der Waals surface area contributed by atoms with Gasteiger partial charge in [-0.25, -0.2) is 0 Å². The zero-order valence-corrected chi connectivity index (χ0v) is 31.8. The largest absolute Gasteiger partial charge is 0.0654 e. The van der Waals surface area contributed by atoms with E-state index in [0.29, 0.717) is 0 Å². The first-order valence-electron chi connectivity index (χ1n) is 21.1. The summed E-state index contributed by atoms with van der Waals surface area (Å²) in [6.07, 6.45) is 56.5. The predicted molar refractivity (Wildman–Crippen MR) is 202 cm³/mol. The Labute approximate surface area is 278 Å². The van der Waals surface area contributed by atoms with Crippen molar-refractivity contribution in [2.75, 3.05) is 0 Å². The summed E-state index contributed by atoms with van der Waals surface area (Å²) in [6, 6.07) is 3.05. The number of hydrogen-bond acceptors (Lipinski definition) is 0. The zero-order valence-electron chi connectivity index (χ0n) is 30.8. The van der Waals surface area contributed by atoms with Crippen molar-refractivity contribution in [2.45, 2.75) is 270 Å². The molecule has 1 heteroatoms. The number of hydrogen-bond donors (Lipinski definition) is 0. The summed E-state index contributed by atoms with van der Waals surface area (Å²) in [4.78, 5) is 0. The minimum Gasteiger partial charge on any atom is -0.0654 e. The van der Waals surface area contributed by atoms with Crippen LogP contribution in [0.5, 0.6) is 0 Å². The summed E-state index contributed by atoms with van der Waals surface area (Å²) < 4.78 is 0. The molecule has 0 aliphatic carbocycles. The van der Waals surface area contributed by atoms with Gasteiger partial charge in [0.25, 0.3) is 0 Å². The van der Waals surface area contributed by atoms with Gasteiger partial charge in [-0.2, -0.15) is 0 Å². The van der Waals surface area contributed by atoms with Crippen LogP contribution in [-0.2, 0) is 0 Å². The van der Waals surface area contributed by atoms with Crippen molar-refractivity contribution in [3.8, 4) is 0 Å². The molecule has 0 rings (SSSR count). The molecule has 0 N–H and O–H groups in total. The molecule has 0 heterocycles. The van der Waals surface area contributed by atoms with Crippen LogP contribution in [0, 0.1) is 0 Å². The van der Waals surface area contributed by atoms with Gasteiger partial charge in [0.2, 0.25) is 0 Å². The third kappa shape index (κ3) is 42.2. The summed E-state index contributed by atoms with van der Waals surface area (Å²) in [5, 5.41) is 0. The van der Waals surface area contributed by atoms with E-state index in [0.717, 1.165) is 0 Å². The summed E-state index contributed by atoms with van der Waals surface area (Å²) in [7, 11) is 1.25. The van der Waals surface area contributed by atoms with Crippen LogP contribution in [0.1, 0.15) is 258 Å². The lowest BCUT2D eigenvalue weighted by atomic mass is 10.0. The Morgan fingerprint density at radius 3 is 0.488 bits per heavy atom. The first-order valence-corrected chi connectivity index (χ1v) is 22.5. The lowest BCUT2D eigenvalue weighted by Gasteiger charge is -2.04. The molecule has 258 valence electrons. The summed E-state index contributed by atoms with van der Waals surface area (Å²) in [5.74, 6) is 0. The van der Waals surface area contributed by atoms with Crippen molar-refractivity contribution in [1.29, 1.82) is 0 Å². The number of unbranched alkanes of at least 4 members (excludes halogenated alkanes) is 36. The second kappa shape index (κ2) is 42.2. The van der Waals surface area contributed by atoms with Gasteiger partial charge in [-0.15, -0.1) is 0 Å². The highest BCUT2D eigenvalue weighted by molar-refractivity contribution is 6.35. The first-order chi connectivity index (χ1) is 21.4. The van der Waals surface area contributed by atoms with E-state index in [-0.39, 0.29) is 0 Å². The lowest BCUT2D eigenvalue weighted by Crippen LogP contribution is -1.90. The average Bonchev–Trinajstić information content (AvgIpc) is 3.02. The SMILES string of the molecule is CCCCCCCCCCCCCCCCCCCCC[Si]CCCCCCCCCCCCCCCCCCCCC. The predicted octanol–water partition coefficient (Wildman–Crippen LogP) is 16.4. The van der Waals surface area contributed by atoms with Crippen LogP contribution in [0.15, 0.2) is 0 Å². The first kappa shape index (κ1) is 43.2. The normalized spacial score (nSPS) is 11.6. The Hall–Kier alpha value is 0.217. The maximum atomic E-state index is 2.31. The maximum Gasteiger partial charge on any atom is 0.0378 e. The Morgan fingerprint density at radius 2 is 0.326 bits per heavy atom. The van der Waals surface area contributed by atoms with Gasteiger partial charge >= 0.3 is 0 Å². The molecule has 0 saturated carbocycles. The highest BCUT2D eigenvalue weighted by atomic mass is 28.2. The summed E-state index contributed by atoms with van der Waals surface area (Å²) >= 11 is 0. The fourth-order valence-corrected chi connectivity index (χ4v) is 8.03. The van der Waals surface area contributed by atoms with Gasteiger partial charge in [-0.3, -0.25) is 0 Å². The molecule has 0 atom stereocenters. The molecular weight excluding hydrogens is 533 g/mol. The van der Waals surface area contributed by atoms with Gasteiger partial charge in [-0.1, -0.05) is 270 Å². The van der Waals surface area contributed by atoms with Gasteiger partial charge in [0, 0.05) is 9.52 Å². The second-order valence-electron chi connectivity index (χ2n) is 14.5. The van der Waals surface area contributed by atoms with Gasteiger partial charge in [-0.05, 0) is 0 Å². The molecule has 0 unspecified atom stereocenters. The Bertz CT molecular complexity index is 406. The van der Waals surface area contributed by atoms with Crippen LogP contribution in [0.3, 0.4) is 0 Å². The van der Waals surface area contributed by atoms with Crippen LogP contribution in [-0.4, -0.2) is 9.52 Å². The molecule has 0 amide bonds. The molecule has 2 radical (unpaired) electrons. The van der Waals surface area contributed by atoms with E-state index in [2.05, 4.69) is 13.8 Å². The summed E-state index contributed by atoms with van der Waals surface area (Å²) in [5.41, 5.74) is 0. The molecule has 0 spiro atoms. The van der Waals surface area contributed by atoms with Gasteiger partial charge < -0.3 is 0 Å². The Balaban J connectivity index is 3.02. The van der Waals surface area contributed by atoms with E-state index in [1.807, 2.05) is 0 Å². The smallest absolute Gasteiger partial charge is 0.0378 e. The van der Waals surface area contributed by atoms with E-state index in [4.69, 9.17) is 0 Å². The van der Waals surface area contributed by atoms with Crippen molar-refractivity contribution in [3.05, 3.63) is 0 Å². The fraction of sp³-hybridized carbons (Fsp3) is 1.00. The van der Waals surface area contributed by atoms with E-state index in [9.17, 15) is 0 Å². The van der Waals surface area contributed by atoms with Crippen LogP contribution >= 0.6 is 0 Å². The molecule has 0 aromatic carbocycles. The molecule has 0 aliphatic rings. The molecule has 0 bridgehead atoms. The molecule has 0 saturated heterocycles. The summed E-state index contributed by atoms with van der Waals surface area (Å²) in [6.45, 7) is 4.62. The highest BCUT2D eigenvalue weighted by Gasteiger charge is 1.98. The van der Waals surface area contributed by atoms with Crippen LogP contribution in [0.2, 0.25) is 12.1 Å². The van der Waals surface area contributed by atoms with Crippen LogP contribution in [0.4, 0.5) is 0 Å².